The minimum absolute atomic E-state index is 0.0939. The highest BCUT2D eigenvalue weighted by atomic mass is 16.6. The quantitative estimate of drug-likeness (QED) is 0.726. The Morgan fingerprint density at radius 3 is 2.40 bits per heavy atom. The van der Waals surface area contributed by atoms with Gasteiger partial charge in [-0.3, -0.25) is 0 Å². The largest absolute Gasteiger partial charge is 0.444 e. The summed E-state index contributed by atoms with van der Waals surface area (Å²) >= 11 is 0. The summed E-state index contributed by atoms with van der Waals surface area (Å²) < 4.78 is 5.09. The molecule has 0 unspecified atom stereocenters. The van der Waals surface area contributed by atoms with Crippen LogP contribution >= 0.6 is 0 Å². The van der Waals surface area contributed by atoms with E-state index >= 15 is 0 Å². The fourth-order valence-corrected chi connectivity index (χ4v) is 0.971. The van der Waals surface area contributed by atoms with Gasteiger partial charge in [-0.05, 0) is 27.2 Å². The summed E-state index contributed by atoms with van der Waals surface area (Å²) in [6, 6.07) is 0. The minimum atomic E-state index is -0.715. The number of nitrogens with zero attached hydrogens (tertiary/aromatic N) is 1. The molecule has 0 aliphatic rings. The van der Waals surface area contributed by atoms with Crippen LogP contribution in [0.1, 0.15) is 27.2 Å². The summed E-state index contributed by atoms with van der Waals surface area (Å²) in [5, 5.41) is 17.9. The van der Waals surface area contributed by atoms with E-state index in [0.29, 0.717) is 0 Å². The molecule has 0 bridgehead atoms. The molecule has 0 spiro atoms. The molecule has 0 fully saturated rings. The van der Waals surface area contributed by atoms with E-state index in [0.717, 1.165) is 0 Å². The molecule has 5 nitrogen and oxygen atoms in total. The molecule has 0 radical (unpaired) electrons. The molecule has 0 aliphatic heterocycles. The molecule has 1 amide bonds. The molecular formula is C10H21NO4. The summed E-state index contributed by atoms with van der Waals surface area (Å²) in [5.41, 5.74) is -0.534. The molecule has 90 valence electrons. The maximum Gasteiger partial charge on any atom is 0.410 e. The van der Waals surface area contributed by atoms with Crippen LogP contribution in [0.2, 0.25) is 0 Å². The van der Waals surface area contributed by atoms with Crippen LogP contribution in [0.4, 0.5) is 4.79 Å². The van der Waals surface area contributed by atoms with Gasteiger partial charge in [0.05, 0.1) is 6.10 Å². The predicted molar refractivity (Wildman–Crippen MR) is 56.6 cm³/mol. The predicted octanol–water partition coefficient (Wildman–Crippen LogP) is 0.597. The number of ether oxygens (including phenoxy) is 1. The van der Waals surface area contributed by atoms with Gasteiger partial charge < -0.3 is 19.8 Å². The van der Waals surface area contributed by atoms with Crippen molar-refractivity contribution in [1.29, 1.82) is 0 Å². The fourth-order valence-electron chi connectivity index (χ4n) is 0.971. The van der Waals surface area contributed by atoms with Crippen molar-refractivity contribution < 1.29 is 19.7 Å². The van der Waals surface area contributed by atoms with Crippen LogP contribution in [-0.2, 0) is 4.74 Å². The summed E-state index contributed by atoms with van der Waals surface area (Å²) in [6.07, 6.45) is -0.931. The lowest BCUT2D eigenvalue weighted by molar-refractivity contribution is 0.0182. The number of carbonyl (C=O) groups is 1. The van der Waals surface area contributed by atoms with Crippen LogP contribution in [0.5, 0.6) is 0 Å². The Morgan fingerprint density at radius 2 is 2.00 bits per heavy atom. The van der Waals surface area contributed by atoms with Crippen molar-refractivity contribution in [2.75, 3.05) is 20.2 Å². The molecule has 5 heteroatoms. The van der Waals surface area contributed by atoms with Crippen LogP contribution in [0, 0.1) is 0 Å². The van der Waals surface area contributed by atoms with Crippen molar-refractivity contribution in [3.05, 3.63) is 0 Å². The summed E-state index contributed by atoms with van der Waals surface area (Å²) in [5.74, 6) is 0. The summed E-state index contributed by atoms with van der Waals surface area (Å²) in [7, 11) is 1.55. The van der Waals surface area contributed by atoms with Crippen LogP contribution in [0.15, 0.2) is 0 Å². The average Bonchev–Trinajstić information content (AvgIpc) is 2.00. The number of hydrogen-bond donors (Lipinski definition) is 2. The third-order valence-electron chi connectivity index (χ3n) is 1.65. The zero-order valence-corrected chi connectivity index (χ0v) is 9.86. The molecule has 0 rings (SSSR count). The van der Waals surface area contributed by atoms with E-state index in [2.05, 4.69) is 0 Å². The van der Waals surface area contributed by atoms with E-state index in [4.69, 9.17) is 9.84 Å². The van der Waals surface area contributed by atoms with Gasteiger partial charge in [-0.2, -0.15) is 0 Å². The third kappa shape index (κ3) is 7.16. The highest BCUT2D eigenvalue weighted by Gasteiger charge is 2.20. The second-order valence-electron chi connectivity index (χ2n) is 4.53. The second-order valence-corrected chi connectivity index (χ2v) is 4.53. The molecule has 0 saturated heterocycles. The lowest BCUT2D eigenvalue weighted by Gasteiger charge is -2.25. The Labute approximate surface area is 90.6 Å². The molecule has 0 aromatic heterocycles. The number of hydrogen-bond acceptors (Lipinski definition) is 4. The lowest BCUT2D eigenvalue weighted by atomic mass is 10.2. The molecule has 0 aliphatic carbocycles. The topological polar surface area (TPSA) is 70.0 Å². The van der Waals surface area contributed by atoms with Crippen LogP contribution in [0.3, 0.4) is 0 Å². The van der Waals surface area contributed by atoms with Crippen LogP contribution in [0.25, 0.3) is 0 Å². The van der Waals surface area contributed by atoms with Crippen LogP contribution in [-0.4, -0.2) is 53.1 Å². The Balaban J connectivity index is 3.99. The molecule has 0 saturated carbocycles. The van der Waals surface area contributed by atoms with E-state index in [-0.39, 0.29) is 19.6 Å². The van der Waals surface area contributed by atoms with E-state index in [1.165, 1.54) is 4.90 Å². The zero-order chi connectivity index (χ0) is 12.1. The highest BCUT2D eigenvalue weighted by molar-refractivity contribution is 5.67. The molecule has 0 heterocycles. The number of amides is 1. The number of carbonyl (C=O) groups excluding carboxylic acids is 1. The molecular weight excluding hydrogens is 198 g/mol. The fraction of sp³-hybridized carbons (Fsp3) is 0.900. The monoisotopic (exact) mass is 219 g/mol. The van der Waals surface area contributed by atoms with E-state index < -0.39 is 17.8 Å². The van der Waals surface area contributed by atoms with Crippen molar-refractivity contribution >= 4 is 6.09 Å². The van der Waals surface area contributed by atoms with Gasteiger partial charge in [0.2, 0.25) is 0 Å². The van der Waals surface area contributed by atoms with E-state index in [1.807, 2.05) is 0 Å². The normalized spacial score (nSPS) is 13.5. The molecule has 0 aromatic carbocycles. The van der Waals surface area contributed by atoms with E-state index in [9.17, 15) is 9.90 Å². The van der Waals surface area contributed by atoms with Crippen LogP contribution < -0.4 is 0 Å². The van der Waals surface area contributed by atoms with Gasteiger partial charge in [-0.25, -0.2) is 4.79 Å². The molecule has 15 heavy (non-hydrogen) atoms. The molecule has 2 N–H and O–H groups in total. The van der Waals surface area contributed by atoms with Gasteiger partial charge in [0.25, 0.3) is 0 Å². The highest BCUT2D eigenvalue weighted by Crippen LogP contribution is 2.09. The second kappa shape index (κ2) is 5.92. The van der Waals surface area contributed by atoms with Gasteiger partial charge in [0.1, 0.15) is 5.60 Å². The van der Waals surface area contributed by atoms with Gasteiger partial charge in [0.15, 0.2) is 0 Å². The number of aliphatic hydroxyl groups is 2. The van der Waals surface area contributed by atoms with E-state index in [1.54, 1.807) is 27.8 Å². The van der Waals surface area contributed by atoms with Crippen molar-refractivity contribution in [3.8, 4) is 0 Å². The minimum Gasteiger partial charge on any atom is -0.444 e. The first-order valence-corrected chi connectivity index (χ1v) is 4.99. The van der Waals surface area contributed by atoms with Crippen molar-refractivity contribution in [2.45, 2.75) is 38.9 Å². The summed E-state index contributed by atoms with van der Waals surface area (Å²) in [4.78, 5) is 12.7. The van der Waals surface area contributed by atoms with Crippen molar-refractivity contribution in [2.24, 2.45) is 0 Å². The van der Waals surface area contributed by atoms with Gasteiger partial charge in [-0.15, -0.1) is 0 Å². The maximum absolute atomic E-state index is 11.4. The number of aliphatic hydroxyl groups excluding tert-OH is 2. The molecule has 0 aromatic rings. The smallest absolute Gasteiger partial charge is 0.410 e. The standard InChI is InChI=1S/C10H21NO4/c1-10(2,3)15-9(14)11(4)7-8(13)5-6-12/h8,12-13H,5-7H2,1-4H3/t8-/m0/s1. The SMILES string of the molecule is CN(C[C@@H](O)CCO)C(=O)OC(C)(C)C. The first-order valence-electron chi connectivity index (χ1n) is 4.99. The van der Waals surface area contributed by atoms with Gasteiger partial charge in [-0.1, -0.05) is 0 Å². The third-order valence-corrected chi connectivity index (χ3v) is 1.65. The lowest BCUT2D eigenvalue weighted by Crippen LogP contribution is -2.38. The van der Waals surface area contributed by atoms with Crippen molar-refractivity contribution in [1.82, 2.24) is 4.90 Å². The summed E-state index contributed by atoms with van der Waals surface area (Å²) in [6.45, 7) is 5.41. The number of rotatable bonds is 4. The Morgan fingerprint density at radius 1 is 1.47 bits per heavy atom. The Bertz CT molecular complexity index is 200. The molecule has 1 atom stereocenters. The zero-order valence-electron chi connectivity index (χ0n) is 9.86. The number of likely N-dealkylation sites (N-methyl/N-ethyl adjacent to an activating group) is 1. The average molecular weight is 219 g/mol. The first kappa shape index (κ1) is 14.2. The van der Waals surface area contributed by atoms with Crippen molar-refractivity contribution in [3.63, 3.8) is 0 Å². The van der Waals surface area contributed by atoms with Gasteiger partial charge >= 0.3 is 6.09 Å². The van der Waals surface area contributed by atoms with Gasteiger partial charge in [0, 0.05) is 20.2 Å². The Kier molecular flexibility index (Phi) is 5.60. The Hall–Kier alpha value is -0.810. The first-order chi connectivity index (χ1) is 6.76. The maximum atomic E-state index is 11.4.